The minimum Gasteiger partial charge on any atom is -0.337 e. The summed E-state index contributed by atoms with van der Waals surface area (Å²) in [6, 6.07) is 0. The molecule has 17 heavy (non-hydrogen) atoms. The van der Waals surface area contributed by atoms with Crippen LogP contribution in [0.3, 0.4) is 0 Å². The van der Waals surface area contributed by atoms with E-state index >= 15 is 0 Å². The average molecular weight is 255 g/mol. The van der Waals surface area contributed by atoms with Crippen molar-refractivity contribution >= 4 is 15.7 Å². The maximum Gasteiger partial charge on any atom is 0.247 e. The van der Waals surface area contributed by atoms with Crippen molar-refractivity contribution in [1.29, 1.82) is 0 Å². The number of sulfone groups is 1. The third kappa shape index (κ3) is 2.44. The first-order valence-electron chi connectivity index (χ1n) is 5.18. The van der Waals surface area contributed by atoms with Gasteiger partial charge in [-0.25, -0.2) is 18.4 Å². The number of carbonyl (C=O) groups excluding carboxylic acids is 1. The van der Waals surface area contributed by atoms with Gasteiger partial charge in [-0.05, 0) is 12.0 Å². The molecule has 0 spiro atoms. The van der Waals surface area contributed by atoms with Crippen molar-refractivity contribution in [3.05, 3.63) is 17.5 Å². The summed E-state index contributed by atoms with van der Waals surface area (Å²) in [5.74, 6) is -0.0323. The molecule has 0 saturated carbocycles. The van der Waals surface area contributed by atoms with Crippen molar-refractivity contribution in [2.24, 2.45) is 0 Å². The Labute approximate surface area is 99.6 Å². The molecule has 0 fully saturated rings. The number of hydrogen-bond acceptors (Lipinski definition) is 5. The molecule has 0 bridgehead atoms. The second-order valence-corrected chi connectivity index (χ2v) is 6.00. The highest BCUT2D eigenvalue weighted by Crippen LogP contribution is 2.17. The molecule has 7 heteroatoms. The van der Waals surface area contributed by atoms with Crippen LogP contribution in [0.1, 0.15) is 18.2 Å². The standard InChI is InChI=1S/C10H13N3O3S/c1-7(14)13-4-3-8-5-11-10(17(2,15)16)12-9(8)6-13/h5H,3-4,6H2,1-2H3. The molecule has 1 aromatic heterocycles. The lowest BCUT2D eigenvalue weighted by molar-refractivity contribution is -0.129. The fraction of sp³-hybridized carbons (Fsp3) is 0.500. The molecule has 92 valence electrons. The van der Waals surface area contributed by atoms with Crippen LogP contribution < -0.4 is 0 Å². The summed E-state index contributed by atoms with van der Waals surface area (Å²) in [6.45, 7) is 2.48. The topological polar surface area (TPSA) is 80.2 Å². The third-order valence-corrected chi connectivity index (χ3v) is 3.56. The van der Waals surface area contributed by atoms with E-state index in [1.54, 1.807) is 4.90 Å². The number of hydrogen-bond donors (Lipinski definition) is 0. The van der Waals surface area contributed by atoms with E-state index in [1.807, 2.05) is 0 Å². The van der Waals surface area contributed by atoms with Crippen molar-refractivity contribution in [2.45, 2.75) is 25.0 Å². The maximum absolute atomic E-state index is 11.3. The van der Waals surface area contributed by atoms with Gasteiger partial charge in [0, 0.05) is 25.9 Å². The van der Waals surface area contributed by atoms with Crippen LogP contribution in [0.2, 0.25) is 0 Å². The van der Waals surface area contributed by atoms with Gasteiger partial charge in [0.25, 0.3) is 0 Å². The number of fused-ring (bicyclic) bond motifs is 1. The maximum atomic E-state index is 11.3. The summed E-state index contributed by atoms with van der Waals surface area (Å²) < 4.78 is 22.7. The van der Waals surface area contributed by atoms with E-state index in [1.165, 1.54) is 13.1 Å². The first-order valence-corrected chi connectivity index (χ1v) is 7.07. The Hall–Kier alpha value is -1.50. The van der Waals surface area contributed by atoms with Crippen LogP contribution in [0.25, 0.3) is 0 Å². The number of nitrogens with zero attached hydrogens (tertiary/aromatic N) is 3. The molecule has 0 unspecified atom stereocenters. The van der Waals surface area contributed by atoms with Crippen LogP contribution in [0, 0.1) is 0 Å². The number of carbonyl (C=O) groups is 1. The Kier molecular flexibility index (Phi) is 2.86. The molecule has 0 aliphatic carbocycles. The minimum atomic E-state index is -3.40. The smallest absolute Gasteiger partial charge is 0.247 e. The Bertz CT molecular complexity index is 568. The van der Waals surface area contributed by atoms with E-state index in [4.69, 9.17) is 0 Å². The first-order chi connectivity index (χ1) is 7.88. The lowest BCUT2D eigenvalue weighted by Gasteiger charge is -2.26. The van der Waals surface area contributed by atoms with Gasteiger partial charge in [-0.3, -0.25) is 4.79 Å². The highest BCUT2D eigenvalue weighted by atomic mass is 32.2. The average Bonchev–Trinajstić information content (AvgIpc) is 2.26. The van der Waals surface area contributed by atoms with Gasteiger partial charge in [-0.1, -0.05) is 0 Å². The fourth-order valence-electron chi connectivity index (χ4n) is 1.73. The second-order valence-electron chi connectivity index (χ2n) is 4.09. The molecule has 2 heterocycles. The van der Waals surface area contributed by atoms with Crippen molar-refractivity contribution in [2.75, 3.05) is 12.8 Å². The van der Waals surface area contributed by atoms with Crippen LogP contribution >= 0.6 is 0 Å². The lowest BCUT2D eigenvalue weighted by Crippen LogP contribution is -2.35. The monoisotopic (exact) mass is 255 g/mol. The van der Waals surface area contributed by atoms with Gasteiger partial charge in [0.1, 0.15) is 0 Å². The second kappa shape index (κ2) is 4.06. The molecule has 1 aliphatic rings. The number of rotatable bonds is 1. The fourth-order valence-corrected chi connectivity index (χ4v) is 2.25. The predicted octanol–water partition coefficient (Wildman–Crippen LogP) is -0.215. The van der Waals surface area contributed by atoms with Crippen molar-refractivity contribution in [3.8, 4) is 0 Å². The van der Waals surface area contributed by atoms with Crippen molar-refractivity contribution in [3.63, 3.8) is 0 Å². The highest BCUT2D eigenvalue weighted by Gasteiger charge is 2.22. The SMILES string of the molecule is CC(=O)N1CCc2cnc(S(C)(=O)=O)nc2C1. The van der Waals surface area contributed by atoms with Gasteiger partial charge in [0.2, 0.25) is 20.9 Å². The quantitative estimate of drug-likeness (QED) is 0.648. The summed E-state index contributed by atoms with van der Waals surface area (Å²) in [5.41, 5.74) is 1.54. The Morgan fingerprint density at radius 1 is 1.47 bits per heavy atom. The highest BCUT2D eigenvalue weighted by molar-refractivity contribution is 7.90. The molecule has 0 atom stereocenters. The van der Waals surface area contributed by atoms with E-state index in [-0.39, 0.29) is 11.1 Å². The van der Waals surface area contributed by atoms with Gasteiger partial charge >= 0.3 is 0 Å². The Morgan fingerprint density at radius 3 is 2.76 bits per heavy atom. The molecule has 0 saturated heterocycles. The molecule has 2 rings (SSSR count). The summed E-state index contributed by atoms with van der Waals surface area (Å²) in [4.78, 5) is 20.7. The van der Waals surface area contributed by atoms with Gasteiger partial charge in [-0.2, -0.15) is 0 Å². The van der Waals surface area contributed by atoms with Gasteiger partial charge in [0.15, 0.2) is 0 Å². The van der Waals surface area contributed by atoms with E-state index in [9.17, 15) is 13.2 Å². The van der Waals surface area contributed by atoms with Gasteiger partial charge in [-0.15, -0.1) is 0 Å². The van der Waals surface area contributed by atoms with Crippen LogP contribution in [-0.2, 0) is 27.6 Å². The van der Waals surface area contributed by atoms with Crippen LogP contribution in [0.5, 0.6) is 0 Å². The first kappa shape index (κ1) is 12.0. The summed E-state index contributed by atoms with van der Waals surface area (Å²) in [5, 5.41) is -0.179. The molecule has 6 nitrogen and oxygen atoms in total. The molecule has 1 amide bonds. The summed E-state index contributed by atoms with van der Waals surface area (Å²) in [6.07, 6.45) is 3.27. The van der Waals surface area contributed by atoms with Crippen LogP contribution in [0.4, 0.5) is 0 Å². The number of amides is 1. The zero-order valence-corrected chi connectivity index (χ0v) is 10.5. The molecule has 1 aromatic rings. The normalized spacial score (nSPS) is 15.5. The largest absolute Gasteiger partial charge is 0.337 e. The summed E-state index contributed by atoms with van der Waals surface area (Å²) >= 11 is 0. The zero-order valence-electron chi connectivity index (χ0n) is 9.67. The third-order valence-electron chi connectivity index (χ3n) is 2.70. The Morgan fingerprint density at radius 2 is 2.18 bits per heavy atom. The van der Waals surface area contributed by atoms with Gasteiger partial charge in [0.05, 0.1) is 12.2 Å². The minimum absolute atomic E-state index is 0.0323. The van der Waals surface area contributed by atoms with Crippen molar-refractivity contribution in [1.82, 2.24) is 14.9 Å². The summed E-state index contributed by atoms with van der Waals surface area (Å²) in [7, 11) is -3.40. The van der Waals surface area contributed by atoms with Crippen LogP contribution in [0.15, 0.2) is 11.4 Å². The van der Waals surface area contributed by atoms with Crippen molar-refractivity contribution < 1.29 is 13.2 Å². The molecule has 0 radical (unpaired) electrons. The molecular formula is C10H13N3O3S. The molecule has 1 aliphatic heterocycles. The Balaban J connectivity index is 2.39. The number of aromatic nitrogens is 2. The van der Waals surface area contributed by atoms with E-state index in [0.29, 0.717) is 25.2 Å². The van der Waals surface area contributed by atoms with E-state index < -0.39 is 9.84 Å². The lowest BCUT2D eigenvalue weighted by atomic mass is 10.1. The van der Waals surface area contributed by atoms with E-state index in [2.05, 4.69) is 9.97 Å². The molecule has 0 aromatic carbocycles. The zero-order chi connectivity index (χ0) is 12.6. The predicted molar refractivity (Wildman–Crippen MR) is 59.9 cm³/mol. The van der Waals surface area contributed by atoms with Gasteiger partial charge < -0.3 is 4.90 Å². The van der Waals surface area contributed by atoms with Crippen LogP contribution in [-0.4, -0.2) is 42.0 Å². The van der Waals surface area contributed by atoms with E-state index in [0.717, 1.165) is 11.8 Å². The molecule has 0 N–H and O–H groups in total. The molecular weight excluding hydrogens is 242 g/mol.